The average molecular weight is 273 g/mol. The summed E-state index contributed by atoms with van der Waals surface area (Å²) < 4.78 is 2.89. The van der Waals surface area contributed by atoms with E-state index in [1.807, 2.05) is 10.9 Å². The number of carbonyl (C=O) groups is 1. The number of aryl methyl sites for hydroxylation is 1. The number of hydrogen-bond donors (Lipinski definition) is 1. The zero-order valence-corrected chi connectivity index (χ0v) is 9.90. The van der Waals surface area contributed by atoms with Crippen molar-refractivity contribution in [2.45, 2.75) is 38.1 Å². The van der Waals surface area contributed by atoms with E-state index in [2.05, 4.69) is 21.0 Å². The zero-order chi connectivity index (χ0) is 10.8. The molecule has 1 aromatic rings. The summed E-state index contributed by atoms with van der Waals surface area (Å²) in [6.07, 6.45) is 5.23. The van der Waals surface area contributed by atoms with E-state index in [1.165, 1.54) is 12.8 Å². The van der Waals surface area contributed by atoms with Gasteiger partial charge in [0.05, 0.1) is 10.2 Å². The second kappa shape index (κ2) is 4.35. The van der Waals surface area contributed by atoms with Gasteiger partial charge in [0.15, 0.2) is 0 Å². The van der Waals surface area contributed by atoms with E-state index in [4.69, 9.17) is 5.11 Å². The van der Waals surface area contributed by atoms with Crippen LogP contribution in [0.3, 0.4) is 0 Å². The van der Waals surface area contributed by atoms with Crippen LogP contribution in [-0.4, -0.2) is 20.9 Å². The number of aliphatic carboxylic acids is 1. The Kier molecular flexibility index (Phi) is 3.09. The average Bonchev–Trinajstić information content (AvgIpc) is 2.91. The molecule has 1 aliphatic carbocycles. The molecular weight excluding hydrogens is 260 g/mol. The topological polar surface area (TPSA) is 55.1 Å². The van der Waals surface area contributed by atoms with E-state index in [9.17, 15) is 4.79 Å². The minimum Gasteiger partial charge on any atom is -0.481 e. The minimum absolute atomic E-state index is 0.205. The Hall–Kier alpha value is -0.840. The first-order valence-electron chi connectivity index (χ1n) is 5.11. The molecule has 5 heteroatoms. The van der Waals surface area contributed by atoms with Crippen LogP contribution in [-0.2, 0) is 11.3 Å². The fraction of sp³-hybridized carbons (Fsp3) is 0.600. The Morgan fingerprint density at radius 3 is 3.00 bits per heavy atom. The summed E-state index contributed by atoms with van der Waals surface area (Å²) >= 11 is 3.48. The summed E-state index contributed by atoms with van der Waals surface area (Å²) in [5, 5.41) is 13.0. The molecule has 2 rings (SSSR count). The molecule has 0 aliphatic heterocycles. The molecule has 0 atom stereocenters. The first-order valence-corrected chi connectivity index (χ1v) is 5.91. The van der Waals surface area contributed by atoms with E-state index in [1.54, 1.807) is 0 Å². The maximum Gasteiger partial charge on any atom is 0.303 e. The van der Waals surface area contributed by atoms with Gasteiger partial charge in [0.25, 0.3) is 0 Å². The third-order valence-electron chi connectivity index (χ3n) is 2.49. The molecule has 0 amide bonds. The standard InChI is InChI=1S/C10H13BrN2O2/c11-8-6-13(5-1-2-9(14)15)12-10(8)7-3-4-7/h6-7H,1-5H2,(H,14,15). The van der Waals surface area contributed by atoms with Gasteiger partial charge < -0.3 is 5.11 Å². The molecule has 1 saturated carbocycles. The highest BCUT2D eigenvalue weighted by molar-refractivity contribution is 9.10. The van der Waals surface area contributed by atoms with Crippen LogP contribution in [0.4, 0.5) is 0 Å². The van der Waals surface area contributed by atoms with Gasteiger partial charge in [-0.15, -0.1) is 0 Å². The van der Waals surface area contributed by atoms with Crippen molar-refractivity contribution < 1.29 is 9.90 Å². The van der Waals surface area contributed by atoms with Gasteiger partial charge >= 0.3 is 5.97 Å². The molecule has 0 saturated heterocycles. The molecular formula is C10H13BrN2O2. The molecule has 0 radical (unpaired) electrons. The van der Waals surface area contributed by atoms with Gasteiger partial charge in [0.2, 0.25) is 0 Å². The van der Waals surface area contributed by atoms with Crippen LogP contribution >= 0.6 is 15.9 Å². The van der Waals surface area contributed by atoms with Crippen LogP contribution in [0, 0.1) is 0 Å². The number of nitrogens with zero attached hydrogens (tertiary/aromatic N) is 2. The van der Waals surface area contributed by atoms with Crippen molar-refractivity contribution in [1.29, 1.82) is 0 Å². The summed E-state index contributed by atoms with van der Waals surface area (Å²) in [4.78, 5) is 10.3. The van der Waals surface area contributed by atoms with Crippen LogP contribution in [0.15, 0.2) is 10.7 Å². The van der Waals surface area contributed by atoms with E-state index in [0.29, 0.717) is 18.9 Å². The molecule has 0 bridgehead atoms. The van der Waals surface area contributed by atoms with Crippen molar-refractivity contribution >= 4 is 21.9 Å². The lowest BCUT2D eigenvalue weighted by molar-refractivity contribution is -0.137. The number of rotatable bonds is 5. The van der Waals surface area contributed by atoms with Crippen LogP contribution in [0.2, 0.25) is 0 Å². The first kappa shape index (κ1) is 10.7. The molecule has 0 aromatic carbocycles. The SMILES string of the molecule is O=C(O)CCCn1cc(Br)c(C2CC2)n1. The monoisotopic (exact) mass is 272 g/mol. The van der Waals surface area contributed by atoms with Gasteiger partial charge in [0.1, 0.15) is 0 Å². The largest absolute Gasteiger partial charge is 0.481 e. The predicted octanol–water partition coefficient (Wildman–Crippen LogP) is 2.39. The third kappa shape index (κ3) is 2.81. The zero-order valence-electron chi connectivity index (χ0n) is 8.32. The second-order valence-corrected chi connectivity index (χ2v) is 4.75. The highest BCUT2D eigenvalue weighted by Gasteiger charge is 2.28. The Bertz CT molecular complexity index is 371. The van der Waals surface area contributed by atoms with Crippen molar-refractivity contribution in [2.24, 2.45) is 0 Å². The van der Waals surface area contributed by atoms with Crippen LogP contribution in [0.1, 0.15) is 37.3 Å². The molecule has 1 aliphatic rings. The Morgan fingerprint density at radius 1 is 1.67 bits per heavy atom. The fourth-order valence-corrected chi connectivity index (χ4v) is 2.19. The van der Waals surface area contributed by atoms with E-state index < -0.39 is 5.97 Å². The highest BCUT2D eigenvalue weighted by atomic mass is 79.9. The number of carboxylic acids is 1. The van der Waals surface area contributed by atoms with Gasteiger partial charge in [-0.05, 0) is 35.2 Å². The molecule has 4 nitrogen and oxygen atoms in total. The minimum atomic E-state index is -0.747. The van der Waals surface area contributed by atoms with Crippen molar-refractivity contribution in [3.63, 3.8) is 0 Å². The van der Waals surface area contributed by atoms with Crippen molar-refractivity contribution in [2.75, 3.05) is 0 Å². The van der Waals surface area contributed by atoms with Gasteiger partial charge in [-0.3, -0.25) is 9.48 Å². The Balaban J connectivity index is 1.91. The Morgan fingerprint density at radius 2 is 2.40 bits per heavy atom. The van der Waals surface area contributed by atoms with Crippen molar-refractivity contribution in [1.82, 2.24) is 9.78 Å². The first-order chi connectivity index (χ1) is 7.16. The summed E-state index contributed by atoms with van der Waals surface area (Å²) in [5.41, 5.74) is 1.13. The highest BCUT2D eigenvalue weighted by Crippen LogP contribution is 2.42. The number of aromatic nitrogens is 2. The van der Waals surface area contributed by atoms with Gasteiger partial charge in [-0.1, -0.05) is 0 Å². The van der Waals surface area contributed by atoms with Gasteiger partial charge in [-0.2, -0.15) is 5.10 Å². The lowest BCUT2D eigenvalue weighted by Crippen LogP contribution is -2.02. The molecule has 1 aromatic heterocycles. The van der Waals surface area contributed by atoms with Crippen molar-refractivity contribution in [3.05, 3.63) is 16.4 Å². The van der Waals surface area contributed by atoms with Crippen LogP contribution < -0.4 is 0 Å². The molecule has 15 heavy (non-hydrogen) atoms. The van der Waals surface area contributed by atoms with Crippen LogP contribution in [0.5, 0.6) is 0 Å². The van der Waals surface area contributed by atoms with Crippen LogP contribution in [0.25, 0.3) is 0 Å². The molecule has 1 fully saturated rings. The smallest absolute Gasteiger partial charge is 0.303 e. The summed E-state index contributed by atoms with van der Waals surface area (Å²) in [5.74, 6) is -0.122. The van der Waals surface area contributed by atoms with Gasteiger partial charge in [0, 0.05) is 25.1 Å². The maximum absolute atomic E-state index is 10.3. The number of halogens is 1. The molecule has 1 heterocycles. The summed E-state index contributed by atoms with van der Waals surface area (Å²) in [7, 11) is 0. The van der Waals surface area contributed by atoms with E-state index in [-0.39, 0.29) is 6.42 Å². The lowest BCUT2D eigenvalue weighted by atomic mass is 10.3. The maximum atomic E-state index is 10.3. The normalized spacial score (nSPS) is 15.5. The fourth-order valence-electron chi connectivity index (χ4n) is 1.55. The molecule has 1 N–H and O–H groups in total. The summed E-state index contributed by atoms with van der Waals surface area (Å²) in [6, 6.07) is 0. The number of carboxylic acid groups (broad SMARTS) is 1. The quantitative estimate of drug-likeness (QED) is 0.896. The van der Waals surface area contributed by atoms with E-state index in [0.717, 1.165) is 10.2 Å². The van der Waals surface area contributed by atoms with Crippen molar-refractivity contribution in [3.8, 4) is 0 Å². The van der Waals surface area contributed by atoms with E-state index >= 15 is 0 Å². The summed E-state index contributed by atoms with van der Waals surface area (Å²) in [6.45, 7) is 0.678. The predicted molar refractivity (Wildman–Crippen MR) is 58.8 cm³/mol. The molecule has 0 spiro atoms. The Labute approximate surface area is 96.4 Å². The lowest BCUT2D eigenvalue weighted by Gasteiger charge is -1.98. The van der Waals surface area contributed by atoms with Gasteiger partial charge in [-0.25, -0.2) is 0 Å². The third-order valence-corrected chi connectivity index (χ3v) is 3.10. The molecule has 0 unspecified atom stereocenters. The second-order valence-electron chi connectivity index (χ2n) is 3.90. The number of hydrogen-bond acceptors (Lipinski definition) is 2. The molecule has 82 valence electrons.